The zero-order valence-electron chi connectivity index (χ0n) is 9.64. The van der Waals surface area contributed by atoms with Crippen LogP contribution in [0.15, 0.2) is 18.2 Å². The SMILES string of the molecule is CCN(c1c(Cl)cccc1Cl)C(C)(C)C. The second-order valence-electron chi connectivity index (χ2n) is 4.49. The van der Waals surface area contributed by atoms with Crippen molar-refractivity contribution in [1.29, 1.82) is 0 Å². The number of halogens is 2. The normalized spacial score (nSPS) is 11.6. The number of anilines is 1. The fraction of sp³-hybridized carbons (Fsp3) is 0.500. The second kappa shape index (κ2) is 4.63. The van der Waals surface area contributed by atoms with E-state index in [0.717, 1.165) is 12.2 Å². The lowest BCUT2D eigenvalue weighted by atomic mass is 10.0. The van der Waals surface area contributed by atoms with E-state index in [-0.39, 0.29) is 5.54 Å². The maximum Gasteiger partial charge on any atom is 0.0749 e. The minimum absolute atomic E-state index is 0.0172. The lowest BCUT2D eigenvalue weighted by molar-refractivity contribution is 0.513. The van der Waals surface area contributed by atoms with Gasteiger partial charge in [0.25, 0.3) is 0 Å². The maximum absolute atomic E-state index is 6.18. The van der Waals surface area contributed by atoms with E-state index in [9.17, 15) is 0 Å². The predicted molar refractivity (Wildman–Crippen MR) is 69.2 cm³/mol. The molecular weight excluding hydrogens is 229 g/mol. The third-order valence-corrected chi connectivity index (χ3v) is 2.94. The van der Waals surface area contributed by atoms with Gasteiger partial charge in [-0.15, -0.1) is 0 Å². The first-order valence-electron chi connectivity index (χ1n) is 5.09. The van der Waals surface area contributed by atoms with Gasteiger partial charge in [-0.05, 0) is 39.8 Å². The fourth-order valence-electron chi connectivity index (χ4n) is 1.71. The summed E-state index contributed by atoms with van der Waals surface area (Å²) in [6.07, 6.45) is 0. The Hall–Kier alpha value is -0.400. The summed E-state index contributed by atoms with van der Waals surface area (Å²) in [5.74, 6) is 0. The van der Waals surface area contributed by atoms with Gasteiger partial charge in [-0.25, -0.2) is 0 Å². The van der Waals surface area contributed by atoms with Crippen LogP contribution in [-0.4, -0.2) is 12.1 Å². The molecule has 0 saturated carbocycles. The van der Waals surface area contributed by atoms with E-state index in [1.165, 1.54) is 0 Å². The first kappa shape index (κ1) is 12.7. The summed E-state index contributed by atoms with van der Waals surface area (Å²) >= 11 is 12.4. The Bertz CT molecular complexity index is 322. The molecule has 1 rings (SSSR count). The lowest BCUT2D eigenvalue weighted by Gasteiger charge is -2.38. The fourth-order valence-corrected chi connectivity index (χ4v) is 2.32. The molecule has 0 saturated heterocycles. The van der Waals surface area contributed by atoms with Gasteiger partial charge in [-0.3, -0.25) is 0 Å². The monoisotopic (exact) mass is 245 g/mol. The molecule has 0 bridgehead atoms. The maximum atomic E-state index is 6.18. The van der Waals surface area contributed by atoms with Gasteiger partial charge in [0.15, 0.2) is 0 Å². The summed E-state index contributed by atoms with van der Waals surface area (Å²) in [4.78, 5) is 2.21. The molecule has 0 fully saturated rings. The highest BCUT2D eigenvalue weighted by Gasteiger charge is 2.23. The Balaban J connectivity index is 3.24. The number of hydrogen-bond donors (Lipinski definition) is 0. The van der Waals surface area contributed by atoms with Crippen molar-refractivity contribution in [3.05, 3.63) is 28.2 Å². The van der Waals surface area contributed by atoms with Gasteiger partial charge in [-0.2, -0.15) is 0 Å². The van der Waals surface area contributed by atoms with Crippen molar-refractivity contribution < 1.29 is 0 Å². The Morgan fingerprint density at radius 2 is 1.60 bits per heavy atom. The Morgan fingerprint density at radius 1 is 1.13 bits per heavy atom. The number of nitrogens with zero attached hydrogens (tertiary/aromatic N) is 1. The molecule has 0 N–H and O–H groups in total. The van der Waals surface area contributed by atoms with Crippen LogP contribution in [-0.2, 0) is 0 Å². The van der Waals surface area contributed by atoms with Crippen LogP contribution in [0.25, 0.3) is 0 Å². The minimum Gasteiger partial charge on any atom is -0.365 e. The van der Waals surface area contributed by atoms with Crippen molar-refractivity contribution in [2.24, 2.45) is 0 Å². The van der Waals surface area contributed by atoms with E-state index in [2.05, 4.69) is 32.6 Å². The van der Waals surface area contributed by atoms with Gasteiger partial charge < -0.3 is 4.90 Å². The first-order chi connectivity index (χ1) is 6.88. The van der Waals surface area contributed by atoms with Gasteiger partial charge >= 0.3 is 0 Å². The number of benzene rings is 1. The van der Waals surface area contributed by atoms with Crippen molar-refractivity contribution in [2.75, 3.05) is 11.4 Å². The van der Waals surface area contributed by atoms with Crippen LogP contribution in [0.1, 0.15) is 27.7 Å². The summed E-state index contributed by atoms with van der Waals surface area (Å²) < 4.78 is 0. The molecule has 0 heterocycles. The summed E-state index contributed by atoms with van der Waals surface area (Å²) in [7, 11) is 0. The minimum atomic E-state index is 0.0172. The molecule has 0 atom stereocenters. The quantitative estimate of drug-likeness (QED) is 0.736. The van der Waals surface area contributed by atoms with Crippen molar-refractivity contribution in [3.63, 3.8) is 0 Å². The third-order valence-electron chi connectivity index (χ3n) is 2.33. The zero-order chi connectivity index (χ0) is 11.6. The van der Waals surface area contributed by atoms with Crippen LogP contribution in [0.3, 0.4) is 0 Å². The first-order valence-corrected chi connectivity index (χ1v) is 5.85. The standard InChI is InChI=1S/C12H17Cl2N/c1-5-15(12(2,3)4)11-9(13)7-6-8-10(11)14/h6-8H,5H2,1-4H3. The van der Waals surface area contributed by atoms with E-state index in [4.69, 9.17) is 23.2 Å². The molecule has 0 aliphatic heterocycles. The van der Waals surface area contributed by atoms with Gasteiger partial charge in [0.05, 0.1) is 15.7 Å². The Kier molecular flexibility index (Phi) is 3.91. The highest BCUT2D eigenvalue weighted by atomic mass is 35.5. The van der Waals surface area contributed by atoms with Crippen LogP contribution in [0, 0.1) is 0 Å². The average molecular weight is 246 g/mol. The predicted octanol–water partition coefficient (Wildman–Crippen LogP) is 4.62. The van der Waals surface area contributed by atoms with Crippen LogP contribution >= 0.6 is 23.2 Å². The molecule has 84 valence electrons. The van der Waals surface area contributed by atoms with Crippen LogP contribution in [0.5, 0.6) is 0 Å². The molecule has 0 spiro atoms. The topological polar surface area (TPSA) is 3.24 Å². The molecule has 0 radical (unpaired) electrons. The van der Waals surface area contributed by atoms with Crippen LogP contribution < -0.4 is 4.90 Å². The smallest absolute Gasteiger partial charge is 0.0749 e. The molecule has 0 amide bonds. The Morgan fingerprint density at radius 3 is 1.93 bits per heavy atom. The van der Waals surface area contributed by atoms with Gasteiger partial charge in [0.2, 0.25) is 0 Å². The van der Waals surface area contributed by atoms with Crippen molar-refractivity contribution >= 4 is 28.9 Å². The molecule has 3 heteroatoms. The van der Waals surface area contributed by atoms with E-state index < -0.39 is 0 Å². The average Bonchev–Trinajstić information content (AvgIpc) is 2.09. The molecule has 1 aromatic rings. The second-order valence-corrected chi connectivity index (χ2v) is 5.30. The number of para-hydroxylation sites is 1. The van der Waals surface area contributed by atoms with E-state index >= 15 is 0 Å². The highest BCUT2D eigenvalue weighted by molar-refractivity contribution is 6.39. The van der Waals surface area contributed by atoms with Crippen molar-refractivity contribution in [2.45, 2.75) is 33.2 Å². The van der Waals surface area contributed by atoms with Crippen molar-refractivity contribution in [3.8, 4) is 0 Å². The molecule has 0 aliphatic carbocycles. The van der Waals surface area contributed by atoms with E-state index in [1.54, 1.807) is 0 Å². The molecule has 1 nitrogen and oxygen atoms in total. The third kappa shape index (κ3) is 2.79. The van der Waals surface area contributed by atoms with Crippen LogP contribution in [0.4, 0.5) is 5.69 Å². The highest BCUT2D eigenvalue weighted by Crippen LogP contribution is 2.36. The summed E-state index contributed by atoms with van der Waals surface area (Å²) in [5.41, 5.74) is 0.944. The molecule has 15 heavy (non-hydrogen) atoms. The largest absolute Gasteiger partial charge is 0.365 e. The zero-order valence-corrected chi connectivity index (χ0v) is 11.2. The summed E-state index contributed by atoms with van der Waals surface area (Å²) in [5, 5.41) is 1.42. The van der Waals surface area contributed by atoms with E-state index in [1.807, 2.05) is 18.2 Å². The van der Waals surface area contributed by atoms with Gasteiger partial charge in [0.1, 0.15) is 0 Å². The van der Waals surface area contributed by atoms with Crippen LogP contribution in [0.2, 0.25) is 10.0 Å². The van der Waals surface area contributed by atoms with Crippen molar-refractivity contribution in [1.82, 2.24) is 0 Å². The Labute approximate surface area is 102 Å². The summed E-state index contributed by atoms with van der Waals surface area (Å²) in [6.45, 7) is 9.43. The number of rotatable bonds is 2. The molecular formula is C12H17Cl2N. The molecule has 0 unspecified atom stereocenters. The molecule has 0 aromatic heterocycles. The van der Waals surface area contributed by atoms with E-state index in [0.29, 0.717) is 10.0 Å². The molecule has 1 aromatic carbocycles. The van der Waals surface area contributed by atoms with Gasteiger partial charge in [-0.1, -0.05) is 29.3 Å². The summed E-state index contributed by atoms with van der Waals surface area (Å²) in [6, 6.07) is 5.61. The molecule has 0 aliphatic rings. The van der Waals surface area contributed by atoms with Gasteiger partial charge in [0, 0.05) is 12.1 Å². The lowest BCUT2D eigenvalue weighted by Crippen LogP contribution is -2.41. The number of hydrogen-bond acceptors (Lipinski definition) is 1.